The minimum absolute atomic E-state index is 0.00613. The van der Waals surface area contributed by atoms with Crippen molar-refractivity contribution in [2.45, 2.75) is 25.9 Å². The standard InChI is InChI=1S/C16H22N4/c1-3-20-12-15(11-18-20)19-10-9-17-16(2,13-19)14-7-5-4-6-8-14/h4-8,11-12,17H,3,9-10,13H2,1-2H3. The molecule has 2 aromatic rings. The Morgan fingerprint density at radius 1 is 1.30 bits per heavy atom. The van der Waals surface area contributed by atoms with Crippen LogP contribution in [-0.4, -0.2) is 29.4 Å². The van der Waals surface area contributed by atoms with Crippen molar-refractivity contribution in [3.05, 3.63) is 48.3 Å². The molecule has 1 saturated heterocycles. The van der Waals surface area contributed by atoms with Crippen LogP contribution in [0.5, 0.6) is 0 Å². The Bertz CT molecular complexity index is 563. The summed E-state index contributed by atoms with van der Waals surface area (Å²) in [7, 11) is 0. The second-order valence-corrected chi connectivity index (χ2v) is 5.60. The van der Waals surface area contributed by atoms with Crippen molar-refractivity contribution in [3.63, 3.8) is 0 Å². The van der Waals surface area contributed by atoms with Crippen molar-refractivity contribution >= 4 is 5.69 Å². The molecule has 0 bridgehead atoms. The van der Waals surface area contributed by atoms with Crippen molar-refractivity contribution in [2.24, 2.45) is 0 Å². The molecule has 4 nitrogen and oxygen atoms in total. The van der Waals surface area contributed by atoms with Gasteiger partial charge in [0.05, 0.1) is 17.4 Å². The molecule has 1 N–H and O–H groups in total. The quantitative estimate of drug-likeness (QED) is 0.928. The fraction of sp³-hybridized carbons (Fsp3) is 0.438. The Morgan fingerprint density at radius 3 is 2.80 bits per heavy atom. The molecule has 1 fully saturated rings. The van der Waals surface area contributed by atoms with Gasteiger partial charge in [-0.05, 0) is 19.4 Å². The maximum Gasteiger partial charge on any atom is 0.0753 e. The van der Waals surface area contributed by atoms with E-state index in [-0.39, 0.29) is 5.54 Å². The summed E-state index contributed by atoms with van der Waals surface area (Å²) in [6.07, 6.45) is 4.11. The molecular formula is C16H22N4. The number of aromatic nitrogens is 2. The van der Waals surface area contributed by atoms with Gasteiger partial charge >= 0.3 is 0 Å². The predicted molar refractivity (Wildman–Crippen MR) is 81.9 cm³/mol. The van der Waals surface area contributed by atoms with Crippen molar-refractivity contribution < 1.29 is 0 Å². The van der Waals surface area contributed by atoms with E-state index in [0.29, 0.717) is 0 Å². The van der Waals surface area contributed by atoms with Crippen LogP contribution in [0.3, 0.4) is 0 Å². The van der Waals surface area contributed by atoms with Gasteiger partial charge in [0.15, 0.2) is 0 Å². The highest BCUT2D eigenvalue weighted by Crippen LogP contribution is 2.27. The summed E-state index contributed by atoms with van der Waals surface area (Å²) >= 11 is 0. The zero-order chi connectivity index (χ0) is 14.0. The largest absolute Gasteiger partial charge is 0.366 e. The fourth-order valence-corrected chi connectivity index (χ4v) is 2.89. The van der Waals surface area contributed by atoms with E-state index in [0.717, 1.165) is 26.2 Å². The molecule has 1 aromatic heterocycles. The van der Waals surface area contributed by atoms with E-state index in [9.17, 15) is 0 Å². The number of benzene rings is 1. The van der Waals surface area contributed by atoms with Gasteiger partial charge in [0, 0.05) is 32.4 Å². The monoisotopic (exact) mass is 270 g/mol. The first kappa shape index (κ1) is 13.2. The minimum Gasteiger partial charge on any atom is -0.366 e. The zero-order valence-electron chi connectivity index (χ0n) is 12.2. The van der Waals surface area contributed by atoms with Crippen molar-refractivity contribution in [3.8, 4) is 0 Å². The topological polar surface area (TPSA) is 33.1 Å². The third kappa shape index (κ3) is 2.43. The van der Waals surface area contributed by atoms with Crippen molar-refractivity contribution in [2.75, 3.05) is 24.5 Å². The molecule has 0 saturated carbocycles. The maximum atomic E-state index is 4.38. The van der Waals surface area contributed by atoms with Gasteiger partial charge in [0.25, 0.3) is 0 Å². The molecule has 3 rings (SSSR count). The van der Waals surface area contributed by atoms with E-state index in [1.165, 1.54) is 11.3 Å². The number of aryl methyl sites for hydroxylation is 1. The lowest BCUT2D eigenvalue weighted by molar-refractivity contribution is 0.332. The molecule has 0 radical (unpaired) electrons. The Hall–Kier alpha value is -1.81. The molecule has 0 aliphatic carbocycles. The summed E-state index contributed by atoms with van der Waals surface area (Å²) in [5, 5.41) is 8.05. The van der Waals surface area contributed by atoms with Gasteiger partial charge in [-0.3, -0.25) is 4.68 Å². The molecule has 2 heterocycles. The SMILES string of the molecule is CCn1cc(N2CCNC(C)(c3ccccc3)C2)cn1. The zero-order valence-corrected chi connectivity index (χ0v) is 12.2. The van der Waals surface area contributed by atoms with Crippen LogP contribution in [0, 0.1) is 0 Å². The van der Waals surface area contributed by atoms with Crippen molar-refractivity contribution in [1.29, 1.82) is 0 Å². The Labute approximate surface area is 120 Å². The smallest absolute Gasteiger partial charge is 0.0753 e. The Kier molecular flexibility index (Phi) is 3.49. The summed E-state index contributed by atoms with van der Waals surface area (Å²) in [6, 6.07) is 10.7. The van der Waals surface area contributed by atoms with Crippen LogP contribution in [-0.2, 0) is 12.1 Å². The number of rotatable bonds is 3. The summed E-state index contributed by atoms with van der Waals surface area (Å²) in [5.74, 6) is 0. The first-order valence-corrected chi connectivity index (χ1v) is 7.29. The summed E-state index contributed by atoms with van der Waals surface area (Å²) < 4.78 is 1.98. The average molecular weight is 270 g/mol. The summed E-state index contributed by atoms with van der Waals surface area (Å²) in [4.78, 5) is 2.42. The Balaban J connectivity index is 1.82. The maximum absolute atomic E-state index is 4.38. The highest BCUT2D eigenvalue weighted by Gasteiger charge is 2.32. The number of anilines is 1. The van der Waals surface area contributed by atoms with Crippen LogP contribution in [0.1, 0.15) is 19.4 Å². The van der Waals surface area contributed by atoms with Crippen LogP contribution in [0.2, 0.25) is 0 Å². The predicted octanol–water partition coefficient (Wildman–Crippen LogP) is 2.23. The first-order chi connectivity index (χ1) is 9.71. The van der Waals surface area contributed by atoms with Gasteiger partial charge in [-0.15, -0.1) is 0 Å². The second kappa shape index (κ2) is 5.29. The number of nitrogens with zero attached hydrogens (tertiary/aromatic N) is 3. The van der Waals surface area contributed by atoms with Crippen molar-refractivity contribution in [1.82, 2.24) is 15.1 Å². The highest BCUT2D eigenvalue weighted by molar-refractivity contribution is 5.45. The van der Waals surface area contributed by atoms with Gasteiger partial charge in [0.1, 0.15) is 0 Å². The molecule has 4 heteroatoms. The number of hydrogen-bond acceptors (Lipinski definition) is 3. The van der Waals surface area contributed by atoms with Crippen LogP contribution in [0.4, 0.5) is 5.69 Å². The van der Waals surface area contributed by atoms with Gasteiger partial charge < -0.3 is 10.2 Å². The lowest BCUT2D eigenvalue weighted by Crippen LogP contribution is -2.56. The normalized spacial score (nSPS) is 23.0. The number of nitrogens with one attached hydrogen (secondary N) is 1. The molecule has 20 heavy (non-hydrogen) atoms. The third-order valence-corrected chi connectivity index (χ3v) is 4.12. The highest BCUT2D eigenvalue weighted by atomic mass is 15.3. The number of piperazine rings is 1. The van der Waals surface area contributed by atoms with Crippen LogP contribution >= 0.6 is 0 Å². The lowest BCUT2D eigenvalue weighted by Gasteiger charge is -2.42. The molecule has 1 aliphatic heterocycles. The lowest BCUT2D eigenvalue weighted by atomic mass is 9.89. The molecule has 1 aromatic carbocycles. The van der Waals surface area contributed by atoms with E-state index in [2.05, 4.69) is 65.7 Å². The minimum atomic E-state index is -0.00613. The van der Waals surface area contributed by atoms with Gasteiger partial charge in [-0.2, -0.15) is 5.10 Å². The molecule has 106 valence electrons. The first-order valence-electron chi connectivity index (χ1n) is 7.29. The van der Waals surface area contributed by atoms with E-state index in [1.54, 1.807) is 0 Å². The molecule has 1 unspecified atom stereocenters. The molecule has 0 amide bonds. The molecule has 1 aliphatic rings. The molecule has 0 spiro atoms. The van der Waals surface area contributed by atoms with Crippen LogP contribution in [0.25, 0.3) is 0 Å². The third-order valence-electron chi connectivity index (χ3n) is 4.12. The molecular weight excluding hydrogens is 248 g/mol. The van der Waals surface area contributed by atoms with Gasteiger partial charge in [-0.25, -0.2) is 0 Å². The Morgan fingerprint density at radius 2 is 2.10 bits per heavy atom. The van der Waals surface area contributed by atoms with E-state index in [4.69, 9.17) is 0 Å². The summed E-state index contributed by atoms with van der Waals surface area (Å²) in [6.45, 7) is 8.29. The summed E-state index contributed by atoms with van der Waals surface area (Å²) in [5.41, 5.74) is 2.55. The second-order valence-electron chi connectivity index (χ2n) is 5.60. The fourth-order valence-electron chi connectivity index (χ4n) is 2.89. The van der Waals surface area contributed by atoms with Crippen LogP contribution in [0.15, 0.2) is 42.7 Å². The van der Waals surface area contributed by atoms with Gasteiger partial charge in [-0.1, -0.05) is 30.3 Å². The van der Waals surface area contributed by atoms with E-state index in [1.807, 2.05) is 10.9 Å². The van der Waals surface area contributed by atoms with Gasteiger partial charge in [0.2, 0.25) is 0 Å². The average Bonchev–Trinajstić information content (AvgIpc) is 2.97. The van der Waals surface area contributed by atoms with Crippen LogP contribution < -0.4 is 10.2 Å². The van der Waals surface area contributed by atoms with E-state index >= 15 is 0 Å². The van der Waals surface area contributed by atoms with E-state index < -0.39 is 0 Å². The number of hydrogen-bond donors (Lipinski definition) is 1. The molecule has 1 atom stereocenters.